The maximum Gasteiger partial charge on any atom is 0.407 e. The Kier molecular flexibility index (Phi) is 5.69. The Morgan fingerprint density at radius 2 is 2.00 bits per heavy atom. The Balaban J connectivity index is 2.18. The molecule has 1 aromatic carbocycles. The van der Waals surface area contributed by atoms with Crippen LogP contribution >= 0.6 is 0 Å². The fourth-order valence-corrected chi connectivity index (χ4v) is 1.14. The topological polar surface area (TPSA) is 114 Å². The Hall–Kier alpha value is -2.75. The number of amides is 2. The molecular weight excluding hydrogens is 250 g/mol. The molecule has 0 radical (unpaired) electrons. The summed E-state index contributed by atoms with van der Waals surface area (Å²) in [4.78, 5) is 21.4. The van der Waals surface area contributed by atoms with Crippen molar-refractivity contribution in [1.29, 1.82) is 5.26 Å². The van der Waals surface area contributed by atoms with Crippen molar-refractivity contribution in [2.45, 2.75) is 0 Å². The minimum atomic E-state index is -0.734. The minimum absolute atomic E-state index is 0.220. The number of nitrogens with one attached hydrogen (secondary N) is 1. The molecule has 0 heterocycles. The van der Waals surface area contributed by atoms with Crippen molar-refractivity contribution in [1.82, 2.24) is 5.32 Å². The van der Waals surface area contributed by atoms with Gasteiger partial charge in [0.15, 0.2) is 6.61 Å². The third-order valence-corrected chi connectivity index (χ3v) is 1.97. The minimum Gasteiger partial charge on any atom is -0.492 e. The summed E-state index contributed by atoms with van der Waals surface area (Å²) in [5.41, 5.74) is 5.35. The zero-order chi connectivity index (χ0) is 14.1. The molecule has 0 aliphatic rings. The summed E-state index contributed by atoms with van der Waals surface area (Å²) in [7, 11) is 0. The summed E-state index contributed by atoms with van der Waals surface area (Å²) in [6.45, 7) is -0.00250. The maximum absolute atomic E-state index is 11.0. The van der Waals surface area contributed by atoms with Crippen LogP contribution in [0.2, 0.25) is 0 Å². The first kappa shape index (κ1) is 14.3. The number of rotatable bonds is 6. The number of ether oxygens (including phenoxy) is 2. The molecule has 0 saturated carbocycles. The molecule has 0 aliphatic heterocycles. The zero-order valence-electron chi connectivity index (χ0n) is 10.1. The first-order chi connectivity index (χ1) is 9.11. The fraction of sp³-hybridized carbons (Fsp3) is 0.250. The lowest BCUT2D eigenvalue weighted by Gasteiger charge is -2.07. The van der Waals surface area contributed by atoms with Crippen molar-refractivity contribution in [2.24, 2.45) is 5.73 Å². The van der Waals surface area contributed by atoms with Crippen molar-refractivity contribution in [3.63, 3.8) is 0 Å². The monoisotopic (exact) mass is 263 g/mol. The number of hydrogen-bond donors (Lipinski definition) is 2. The van der Waals surface area contributed by atoms with E-state index in [2.05, 4.69) is 10.1 Å². The van der Waals surface area contributed by atoms with Gasteiger partial charge in [-0.25, -0.2) is 4.79 Å². The summed E-state index contributed by atoms with van der Waals surface area (Å²) in [5, 5.41) is 11.0. The quantitative estimate of drug-likeness (QED) is 0.709. The van der Waals surface area contributed by atoms with Crippen LogP contribution in [0.1, 0.15) is 5.56 Å². The van der Waals surface area contributed by atoms with Gasteiger partial charge in [0, 0.05) is 0 Å². The van der Waals surface area contributed by atoms with Crippen LogP contribution in [0.4, 0.5) is 4.79 Å². The van der Waals surface area contributed by atoms with E-state index in [1.165, 1.54) is 0 Å². The first-order valence-corrected chi connectivity index (χ1v) is 5.43. The highest BCUT2D eigenvalue weighted by atomic mass is 16.6. The highest BCUT2D eigenvalue weighted by molar-refractivity contribution is 5.78. The van der Waals surface area contributed by atoms with Crippen molar-refractivity contribution in [3.8, 4) is 11.8 Å². The Morgan fingerprint density at radius 1 is 1.32 bits per heavy atom. The molecular formula is C12H13N3O4. The molecule has 0 unspecified atom stereocenters. The third-order valence-electron chi connectivity index (χ3n) is 1.97. The lowest BCUT2D eigenvalue weighted by atomic mass is 10.2. The van der Waals surface area contributed by atoms with Crippen LogP contribution in [0.3, 0.4) is 0 Å². The molecule has 1 aromatic rings. The van der Waals surface area contributed by atoms with Gasteiger partial charge in [-0.15, -0.1) is 0 Å². The zero-order valence-corrected chi connectivity index (χ0v) is 10.1. The van der Waals surface area contributed by atoms with E-state index < -0.39 is 18.6 Å². The van der Waals surface area contributed by atoms with Gasteiger partial charge in [0.05, 0.1) is 18.2 Å². The fourth-order valence-electron chi connectivity index (χ4n) is 1.14. The van der Waals surface area contributed by atoms with E-state index >= 15 is 0 Å². The molecule has 1 rings (SSSR count). The van der Waals surface area contributed by atoms with Gasteiger partial charge in [-0.2, -0.15) is 5.26 Å². The highest BCUT2D eigenvalue weighted by Crippen LogP contribution is 2.10. The Bertz CT molecular complexity index is 479. The smallest absolute Gasteiger partial charge is 0.407 e. The van der Waals surface area contributed by atoms with Gasteiger partial charge < -0.3 is 20.5 Å². The normalized spacial score (nSPS) is 9.21. The van der Waals surface area contributed by atoms with Crippen LogP contribution in [0.25, 0.3) is 0 Å². The Labute approximate surface area is 109 Å². The maximum atomic E-state index is 11.0. The number of carbonyl (C=O) groups excluding carboxylic acids is 2. The molecule has 100 valence electrons. The number of nitriles is 1. The van der Waals surface area contributed by atoms with Crippen LogP contribution in [0.5, 0.6) is 5.75 Å². The van der Waals surface area contributed by atoms with Crippen molar-refractivity contribution >= 4 is 12.0 Å². The molecule has 2 amide bonds. The van der Waals surface area contributed by atoms with Crippen LogP contribution in [0.15, 0.2) is 24.3 Å². The van der Waals surface area contributed by atoms with Gasteiger partial charge in [-0.3, -0.25) is 4.79 Å². The second kappa shape index (κ2) is 7.55. The largest absolute Gasteiger partial charge is 0.492 e. The van der Waals surface area contributed by atoms with E-state index in [1.54, 1.807) is 24.3 Å². The van der Waals surface area contributed by atoms with E-state index in [1.807, 2.05) is 6.07 Å². The van der Waals surface area contributed by atoms with Gasteiger partial charge in [0.25, 0.3) is 5.91 Å². The van der Waals surface area contributed by atoms with Crippen LogP contribution < -0.4 is 15.8 Å². The standard InChI is InChI=1S/C12H13N3O4/c13-7-9-1-3-10(4-2-9)18-6-5-15-12(17)19-8-11(14)16/h1-4H,5-6,8H2,(H2,14,16)(H,15,17). The van der Waals surface area contributed by atoms with Crippen LogP contribution in [-0.4, -0.2) is 31.8 Å². The van der Waals surface area contributed by atoms with Gasteiger partial charge in [-0.05, 0) is 24.3 Å². The molecule has 3 N–H and O–H groups in total. The van der Waals surface area contributed by atoms with E-state index in [0.29, 0.717) is 11.3 Å². The number of alkyl carbamates (subject to hydrolysis) is 1. The summed E-state index contributed by atoms with van der Waals surface area (Å²) in [6, 6.07) is 8.56. The van der Waals surface area contributed by atoms with Crippen molar-refractivity contribution < 1.29 is 19.1 Å². The predicted molar refractivity (Wildman–Crippen MR) is 65.2 cm³/mol. The first-order valence-electron chi connectivity index (χ1n) is 5.43. The van der Waals surface area contributed by atoms with Gasteiger partial charge in [0.2, 0.25) is 0 Å². The Morgan fingerprint density at radius 3 is 2.58 bits per heavy atom. The number of nitrogens with two attached hydrogens (primary N) is 1. The SMILES string of the molecule is N#Cc1ccc(OCCNC(=O)OCC(N)=O)cc1. The molecule has 7 nitrogen and oxygen atoms in total. The molecule has 0 saturated heterocycles. The molecule has 0 fully saturated rings. The average molecular weight is 263 g/mol. The number of benzene rings is 1. The second-order valence-electron chi connectivity index (χ2n) is 3.45. The van der Waals surface area contributed by atoms with Gasteiger partial charge in [0.1, 0.15) is 12.4 Å². The van der Waals surface area contributed by atoms with Crippen LogP contribution in [0, 0.1) is 11.3 Å². The number of primary amides is 1. The lowest BCUT2D eigenvalue weighted by molar-refractivity contribution is -0.120. The molecule has 7 heteroatoms. The lowest BCUT2D eigenvalue weighted by Crippen LogP contribution is -2.31. The third kappa shape index (κ3) is 5.93. The molecule has 19 heavy (non-hydrogen) atoms. The molecule has 0 spiro atoms. The summed E-state index contributed by atoms with van der Waals surface area (Å²) < 4.78 is 9.78. The van der Waals surface area contributed by atoms with Crippen molar-refractivity contribution in [3.05, 3.63) is 29.8 Å². The summed E-state index contributed by atoms with van der Waals surface area (Å²) >= 11 is 0. The highest BCUT2D eigenvalue weighted by Gasteiger charge is 2.03. The van der Waals surface area contributed by atoms with Gasteiger partial charge in [-0.1, -0.05) is 0 Å². The van der Waals surface area contributed by atoms with Crippen molar-refractivity contribution in [2.75, 3.05) is 19.8 Å². The van der Waals surface area contributed by atoms with E-state index in [0.717, 1.165) is 0 Å². The number of carbonyl (C=O) groups is 2. The van der Waals surface area contributed by atoms with Crippen LogP contribution in [-0.2, 0) is 9.53 Å². The number of nitrogens with zero attached hydrogens (tertiary/aromatic N) is 1. The van der Waals surface area contributed by atoms with E-state index in [4.69, 9.17) is 15.7 Å². The molecule has 0 aliphatic carbocycles. The molecule has 0 atom stereocenters. The summed E-state index contributed by atoms with van der Waals surface area (Å²) in [5.74, 6) is -0.129. The van der Waals surface area contributed by atoms with E-state index in [9.17, 15) is 9.59 Å². The van der Waals surface area contributed by atoms with Gasteiger partial charge >= 0.3 is 6.09 Å². The van der Waals surface area contributed by atoms with E-state index in [-0.39, 0.29) is 13.2 Å². The second-order valence-corrected chi connectivity index (χ2v) is 3.45. The molecule has 0 aromatic heterocycles. The average Bonchev–Trinajstić information content (AvgIpc) is 2.42. The predicted octanol–water partition coefficient (Wildman–Crippen LogP) is 0.149. The summed E-state index contributed by atoms with van der Waals surface area (Å²) in [6.07, 6.45) is -0.734. The number of hydrogen-bond acceptors (Lipinski definition) is 5. The molecule has 0 bridgehead atoms.